The molecule has 0 saturated heterocycles. The number of pyridine rings is 1. The van der Waals surface area contributed by atoms with Crippen LogP contribution in [0.15, 0.2) is 12.1 Å². The van der Waals surface area contributed by atoms with E-state index in [9.17, 15) is 0 Å². The number of methoxy groups -OCH3 is 1. The molecule has 0 radical (unpaired) electrons. The second kappa shape index (κ2) is 3.63. The average molecular weight is 162 g/mol. The van der Waals surface area contributed by atoms with E-state index in [4.69, 9.17) is 11.2 Å². The zero-order valence-corrected chi connectivity index (χ0v) is 7.09. The summed E-state index contributed by atoms with van der Waals surface area (Å²) in [5.41, 5.74) is 1.40. The fourth-order valence-corrected chi connectivity index (χ4v) is 0.867. The summed E-state index contributed by atoms with van der Waals surface area (Å²) >= 11 is 0. The van der Waals surface area contributed by atoms with Crippen LogP contribution in [-0.4, -0.2) is 19.1 Å². The molecule has 0 aliphatic rings. The van der Waals surface area contributed by atoms with Crippen molar-refractivity contribution in [1.82, 2.24) is 4.98 Å². The number of ether oxygens (including phenoxy) is 1. The molecule has 0 fully saturated rings. The molecule has 12 heavy (non-hydrogen) atoms. The SMILES string of the molecule is C#Cc1ccc(NC)c(OC)n1. The van der Waals surface area contributed by atoms with Gasteiger partial charge in [0.15, 0.2) is 0 Å². The Morgan fingerprint density at radius 2 is 2.33 bits per heavy atom. The largest absolute Gasteiger partial charge is 0.479 e. The van der Waals surface area contributed by atoms with E-state index in [0.717, 1.165) is 5.69 Å². The molecule has 1 N–H and O–H groups in total. The van der Waals surface area contributed by atoms with Crippen LogP contribution in [0.25, 0.3) is 0 Å². The lowest BCUT2D eigenvalue weighted by atomic mass is 10.3. The Labute approximate surface area is 71.8 Å². The molecule has 0 aliphatic heterocycles. The Kier molecular flexibility index (Phi) is 2.54. The maximum atomic E-state index is 5.18. The van der Waals surface area contributed by atoms with Crippen LogP contribution in [0.4, 0.5) is 5.69 Å². The number of hydrogen-bond donors (Lipinski definition) is 1. The number of rotatable bonds is 2. The topological polar surface area (TPSA) is 34.1 Å². The van der Waals surface area contributed by atoms with Crippen molar-refractivity contribution in [2.24, 2.45) is 0 Å². The number of aromatic nitrogens is 1. The molecule has 0 aromatic carbocycles. The van der Waals surface area contributed by atoms with E-state index in [1.807, 2.05) is 6.07 Å². The number of terminal acetylenes is 1. The van der Waals surface area contributed by atoms with Gasteiger partial charge in [-0.25, -0.2) is 4.98 Å². The standard InChI is InChI=1S/C9H10N2O/c1-4-7-5-6-8(10-2)9(11-7)12-3/h1,5-6,10H,2-3H3. The lowest BCUT2D eigenvalue weighted by molar-refractivity contribution is 0.399. The van der Waals surface area contributed by atoms with Crippen LogP contribution in [0.2, 0.25) is 0 Å². The summed E-state index contributed by atoms with van der Waals surface area (Å²) in [4.78, 5) is 4.06. The van der Waals surface area contributed by atoms with Gasteiger partial charge in [-0.15, -0.1) is 6.42 Å². The van der Waals surface area contributed by atoms with Crippen molar-refractivity contribution in [3.63, 3.8) is 0 Å². The fourth-order valence-electron chi connectivity index (χ4n) is 0.867. The van der Waals surface area contributed by atoms with Crippen LogP contribution in [-0.2, 0) is 0 Å². The molecule has 0 spiro atoms. The first-order valence-corrected chi connectivity index (χ1v) is 3.51. The van der Waals surface area contributed by atoms with Crippen molar-refractivity contribution in [1.29, 1.82) is 0 Å². The molecular formula is C9H10N2O. The average Bonchev–Trinajstić information content (AvgIpc) is 2.16. The molecule has 0 saturated carbocycles. The van der Waals surface area contributed by atoms with Gasteiger partial charge < -0.3 is 10.1 Å². The molecule has 3 nitrogen and oxygen atoms in total. The highest BCUT2D eigenvalue weighted by Crippen LogP contribution is 2.20. The normalized spacial score (nSPS) is 8.75. The second-order valence-electron chi connectivity index (χ2n) is 2.15. The minimum atomic E-state index is 0.521. The monoisotopic (exact) mass is 162 g/mol. The van der Waals surface area contributed by atoms with Gasteiger partial charge in [-0.05, 0) is 12.1 Å². The van der Waals surface area contributed by atoms with Gasteiger partial charge in [0.2, 0.25) is 5.88 Å². The summed E-state index contributed by atoms with van der Waals surface area (Å²) in [6.07, 6.45) is 5.18. The van der Waals surface area contributed by atoms with Gasteiger partial charge >= 0.3 is 0 Å². The molecule has 1 aromatic rings. The smallest absolute Gasteiger partial charge is 0.238 e. The summed E-state index contributed by atoms with van der Waals surface area (Å²) in [6, 6.07) is 3.59. The quantitative estimate of drug-likeness (QED) is 0.661. The van der Waals surface area contributed by atoms with Crippen molar-refractivity contribution >= 4 is 5.69 Å². The van der Waals surface area contributed by atoms with Gasteiger partial charge in [-0.1, -0.05) is 5.92 Å². The van der Waals surface area contributed by atoms with E-state index in [1.54, 1.807) is 20.2 Å². The van der Waals surface area contributed by atoms with Crippen LogP contribution >= 0.6 is 0 Å². The van der Waals surface area contributed by atoms with Crippen LogP contribution in [0.3, 0.4) is 0 Å². The number of nitrogens with zero attached hydrogens (tertiary/aromatic N) is 1. The predicted molar refractivity (Wildman–Crippen MR) is 48.3 cm³/mol. The van der Waals surface area contributed by atoms with Crippen LogP contribution in [0.1, 0.15) is 5.69 Å². The highest BCUT2D eigenvalue weighted by atomic mass is 16.5. The Morgan fingerprint density at radius 3 is 2.83 bits per heavy atom. The van der Waals surface area contributed by atoms with Crippen molar-refractivity contribution in [2.75, 3.05) is 19.5 Å². The lowest BCUT2D eigenvalue weighted by Crippen LogP contribution is -1.97. The third kappa shape index (κ3) is 1.48. The highest BCUT2D eigenvalue weighted by Gasteiger charge is 2.01. The van der Waals surface area contributed by atoms with Gasteiger partial charge in [0.05, 0.1) is 12.8 Å². The molecule has 0 atom stereocenters. The number of hydrogen-bond acceptors (Lipinski definition) is 3. The van der Waals surface area contributed by atoms with E-state index in [0.29, 0.717) is 11.6 Å². The minimum Gasteiger partial charge on any atom is -0.479 e. The van der Waals surface area contributed by atoms with Gasteiger partial charge in [0, 0.05) is 7.05 Å². The third-order valence-corrected chi connectivity index (χ3v) is 1.47. The second-order valence-corrected chi connectivity index (χ2v) is 2.15. The van der Waals surface area contributed by atoms with Crippen LogP contribution < -0.4 is 10.1 Å². The number of nitrogens with one attached hydrogen (secondary N) is 1. The van der Waals surface area contributed by atoms with Gasteiger partial charge in [-0.3, -0.25) is 0 Å². The summed E-state index contributed by atoms with van der Waals surface area (Å²) in [7, 11) is 3.36. The molecule has 0 aliphatic carbocycles. The molecule has 0 bridgehead atoms. The summed E-state index contributed by atoms with van der Waals surface area (Å²) in [5.74, 6) is 2.96. The summed E-state index contributed by atoms with van der Waals surface area (Å²) < 4.78 is 5.01. The van der Waals surface area contributed by atoms with E-state index < -0.39 is 0 Å². The van der Waals surface area contributed by atoms with Crippen LogP contribution in [0.5, 0.6) is 5.88 Å². The molecule has 0 amide bonds. The molecule has 3 heteroatoms. The van der Waals surface area contributed by atoms with Crippen molar-refractivity contribution < 1.29 is 4.74 Å². The number of anilines is 1. The van der Waals surface area contributed by atoms with E-state index in [1.165, 1.54) is 0 Å². The molecular weight excluding hydrogens is 152 g/mol. The van der Waals surface area contributed by atoms with Crippen molar-refractivity contribution in [3.05, 3.63) is 17.8 Å². The Balaban J connectivity index is 3.13. The highest BCUT2D eigenvalue weighted by molar-refractivity contribution is 5.53. The maximum Gasteiger partial charge on any atom is 0.238 e. The van der Waals surface area contributed by atoms with Gasteiger partial charge in [0.25, 0.3) is 0 Å². The minimum absolute atomic E-state index is 0.521. The molecule has 0 unspecified atom stereocenters. The third-order valence-electron chi connectivity index (χ3n) is 1.47. The van der Waals surface area contributed by atoms with E-state index in [2.05, 4.69) is 16.2 Å². The van der Waals surface area contributed by atoms with Gasteiger partial charge in [-0.2, -0.15) is 0 Å². The first kappa shape index (κ1) is 8.41. The van der Waals surface area contributed by atoms with Crippen molar-refractivity contribution in [3.8, 4) is 18.2 Å². The molecule has 1 heterocycles. The molecule has 62 valence electrons. The molecule has 1 aromatic heterocycles. The Hall–Kier alpha value is -1.69. The predicted octanol–water partition coefficient (Wildman–Crippen LogP) is 1.11. The van der Waals surface area contributed by atoms with Crippen molar-refractivity contribution in [2.45, 2.75) is 0 Å². The van der Waals surface area contributed by atoms with E-state index in [-0.39, 0.29) is 0 Å². The van der Waals surface area contributed by atoms with Crippen LogP contribution in [0, 0.1) is 12.3 Å². The summed E-state index contributed by atoms with van der Waals surface area (Å²) in [6.45, 7) is 0. The Bertz CT molecular complexity index is 315. The zero-order valence-electron chi connectivity index (χ0n) is 7.09. The van der Waals surface area contributed by atoms with E-state index >= 15 is 0 Å². The molecule has 1 rings (SSSR count). The first-order valence-electron chi connectivity index (χ1n) is 3.51. The van der Waals surface area contributed by atoms with Gasteiger partial charge in [0.1, 0.15) is 5.69 Å². The maximum absolute atomic E-state index is 5.18. The lowest BCUT2D eigenvalue weighted by Gasteiger charge is -2.05. The zero-order chi connectivity index (χ0) is 8.97. The summed E-state index contributed by atoms with van der Waals surface area (Å²) in [5, 5.41) is 2.94. The fraction of sp³-hybridized carbons (Fsp3) is 0.222. The Morgan fingerprint density at radius 1 is 1.58 bits per heavy atom. The first-order chi connectivity index (χ1) is 5.81.